The molecule has 1 atom stereocenters. The van der Waals surface area contributed by atoms with Crippen LogP contribution < -0.4 is 15.4 Å². The van der Waals surface area contributed by atoms with Gasteiger partial charge >= 0.3 is 0 Å². The zero-order valence-electron chi connectivity index (χ0n) is 12.3. The quantitative estimate of drug-likeness (QED) is 0.832. The third kappa shape index (κ3) is 4.10. The molecule has 20 heavy (non-hydrogen) atoms. The maximum Gasteiger partial charge on any atom is 0.166 e. The summed E-state index contributed by atoms with van der Waals surface area (Å²) in [7, 11) is 1.70. The molecule has 0 amide bonds. The number of hydrogen-bond donors (Lipinski definition) is 2. The minimum absolute atomic E-state index is 0.134. The van der Waals surface area contributed by atoms with Crippen LogP contribution in [0.1, 0.15) is 50.6 Å². The Labute approximate surface area is 127 Å². The number of para-hydroxylation sites is 1. The number of benzene rings is 1. The van der Waals surface area contributed by atoms with E-state index in [4.69, 9.17) is 17.0 Å². The maximum absolute atomic E-state index is 5.43. The molecule has 0 unspecified atom stereocenters. The molecule has 0 radical (unpaired) electrons. The molecule has 0 saturated heterocycles. The first kappa shape index (κ1) is 15.1. The molecule has 110 valence electrons. The molecule has 1 aromatic carbocycles. The molecule has 2 rings (SSSR count). The monoisotopic (exact) mass is 292 g/mol. The van der Waals surface area contributed by atoms with Crippen molar-refractivity contribution < 1.29 is 4.74 Å². The van der Waals surface area contributed by atoms with Crippen molar-refractivity contribution in [2.45, 2.75) is 51.1 Å². The van der Waals surface area contributed by atoms with Crippen LogP contribution in [0.2, 0.25) is 0 Å². The third-order valence-corrected chi connectivity index (χ3v) is 4.13. The molecule has 1 aliphatic carbocycles. The molecule has 1 aromatic rings. The van der Waals surface area contributed by atoms with Crippen molar-refractivity contribution in [3.05, 3.63) is 29.8 Å². The molecule has 0 spiro atoms. The molecular formula is C16H24N2OS. The third-order valence-electron chi connectivity index (χ3n) is 3.89. The summed E-state index contributed by atoms with van der Waals surface area (Å²) < 4.78 is 5.39. The Morgan fingerprint density at radius 1 is 1.25 bits per heavy atom. The number of hydrogen-bond acceptors (Lipinski definition) is 2. The molecule has 0 bridgehead atoms. The fourth-order valence-corrected chi connectivity index (χ4v) is 3.12. The van der Waals surface area contributed by atoms with Crippen molar-refractivity contribution in [1.82, 2.24) is 10.6 Å². The number of thiocarbonyl (C=S) groups is 1. The highest BCUT2D eigenvalue weighted by molar-refractivity contribution is 7.80. The van der Waals surface area contributed by atoms with Gasteiger partial charge in [0, 0.05) is 11.6 Å². The zero-order valence-corrected chi connectivity index (χ0v) is 13.1. The number of nitrogens with one attached hydrogen (secondary N) is 2. The van der Waals surface area contributed by atoms with E-state index in [1.54, 1.807) is 7.11 Å². The Kier molecular flexibility index (Phi) is 5.65. The lowest BCUT2D eigenvalue weighted by Crippen LogP contribution is -2.43. The second-order valence-corrected chi connectivity index (χ2v) is 5.82. The van der Waals surface area contributed by atoms with Crippen LogP contribution in [0, 0.1) is 0 Å². The van der Waals surface area contributed by atoms with Crippen LogP contribution in [-0.4, -0.2) is 18.3 Å². The van der Waals surface area contributed by atoms with E-state index in [2.05, 4.69) is 23.6 Å². The molecule has 1 fully saturated rings. The van der Waals surface area contributed by atoms with Gasteiger partial charge in [-0.15, -0.1) is 0 Å². The predicted octanol–water partition coefficient (Wildman–Crippen LogP) is 3.55. The fraction of sp³-hybridized carbons (Fsp3) is 0.562. The lowest BCUT2D eigenvalue weighted by molar-refractivity contribution is 0.402. The second kappa shape index (κ2) is 7.48. The van der Waals surface area contributed by atoms with Crippen LogP contribution in [0.25, 0.3) is 0 Å². The summed E-state index contributed by atoms with van der Waals surface area (Å²) in [5.74, 6) is 0.896. The summed E-state index contributed by atoms with van der Waals surface area (Å²) in [4.78, 5) is 0. The highest BCUT2D eigenvalue weighted by Gasteiger charge is 2.16. The van der Waals surface area contributed by atoms with Crippen molar-refractivity contribution in [3.63, 3.8) is 0 Å². The molecule has 3 nitrogen and oxygen atoms in total. The van der Waals surface area contributed by atoms with Crippen LogP contribution in [0.3, 0.4) is 0 Å². The lowest BCUT2D eigenvalue weighted by atomic mass is 9.96. The summed E-state index contributed by atoms with van der Waals surface area (Å²) in [5, 5.41) is 7.54. The average molecular weight is 292 g/mol. The van der Waals surface area contributed by atoms with E-state index in [1.165, 1.54) is 32.1 Å². The Morgan fingerprint density at radius 3 is 2.65 bits per heavy atom. The second-order valence-electron chi connectivity index (χ2n) is 5.42. The standard InChI is InChI=1S/C16H24N2OS/c1-12(14-10-6-7-11-15(14)19-2)17-16(20)18-13-8-4-3-5-9-13/h6-7,10-13H,3-5,8-9H2,1-2H3,(H2,17,18,20)/t12-/m1/s1. The molecular weight excluding hydrogens is 268 g/mol. The molecule has 1 aliphatic rings. The normalized spacial score (nSPS) is 17.3. The maximum atomic E-state index is 5.43. The van der Waals surface area contributed by atoms with Crippen molar-refractivity contribution in [2.24, 2.45) is 0 Å². The molecule has 0 aromatic heterocycles. The van der Waals surface area contributed by atoms with E-state index in [9.17, 15) is 0 Å². The van der Waals surface area contributed by atoms with Gasteiger partial charge in [0.15, 0.2) is 5.11 Å². The Balaban J connectivity index is 1.89. The minimum atomic E-state index is 0.134. The molecule has 2 N–H and O–H groups in total. The van der Waals surface area contributed by atoms with Crippen LogP contribution in [0.15, 0.2) is 24.3 Å². The molecule has 4 heteroatoms. The molecule has 0 heterocycles. The average Bonchev–Trinajstić information content (AvgIpc) is 2.48. The summed E-state index contributed by atoms with van der Waals surface area (Å²) in [5.41, 5.74) is 1.13. The van der Waals surface area contributed by atoms with Gasteiger partial charge in [0.2, 0.25) is 0 Å². The van der Waals surface area contributed by atoms with Crippen LogP contribution in [0.4, 0.5) is 0 Å². The first-order chi connectivity index (χ1) is 9.70. The highest BCUT2D eigenvalue weighted by Crippen LogP contribution is 2.24. The van der Waals surface area contributed by atoms with Crippen LogP contribution in [-0.2, 0) is 0 Å². The van der Waals surface area contributed by atoms with Crippen molar-refractivity contribution in [2.75, 3.05) is 7.11 Å². The molecule has 1 saturated carbocycles. The van der Waals surface area contributed by atoms with Gasteiger partial charge in [-0.3, -0.25) is 0 Å². The van der Waals surface area contributed by atoms with E-state index in [0.717, 1.165) is 16.4 Å². The first-order valence-corrected chi connectivity index (χ1v) is 7.81. The highest BCUT2D eigenvalue weighted by atomic mass is 32.1. The summed E-state index contributed by atoms with van der Waals surface area (Å²) in [6.45, 7) is 2.10. The van der Waals surface area contributed by atoms with Gasteiger partial charge in [0.25, 0.3) is 0 Å². The van der Waals surface area contributed by atoms with E-state index in [0.29, 0.717) is 6.04 Å². The summed E-state index contributed by atoms with van der Waals surface area (Å²) in [6, 6.07) is 8.72. The van der Waals surface area contributed by atoms with Gasteiger partial charge in [0.1, 0.15) is 5.75 Å². The summed E-state index contributed by atoms with van der Waals surface area (Å²) in [6.07, 6.45) is 6.43. The van der Waals surface area contributed by atoms with E-state index in [1.807, 2.05) is 18.2 Å². The number of ether oxygens (including phenoxy) is 1. The SMILES string of the molecule is COc1ccccc1[C@@H](C)NC(=S)NC1CCCCC1. The lowest BCUT2D eigenvalue weighted by Gasteiger charge is -2.26. The van der Waals surface area contributed by atoms with Gasteiger partial charge in [-0.05, 0) is 38.0 Å². The Hall–Kier alpha value is -1.29. The Morgan fingerprint density at radius 2 is 1.95 bits per heavy atom. The number of rotatable bonds is 4. The minimum Gasteiger partial charge on any atom is -0.496 e. The largest absolute Gasteiger partial charge is 0.496 e. The van der Waals surface area contributed by atoms with Crippen molar-refractivity contribution in [3.8, 4) is 5.75 Å². The van der Waals surface area contributed by atoms with Crippen LogP contribution >= 0.6 is 12.2 Å². The van der Waals surface area contributed by atoms with Gasteiger partial charge in [0.05, 0.1) is 13.2 Å². The summed E-state index contributed by atoms with van der Waals surface area (Å²) >= 11 is 5.43. The van der Waals surface area contributed by atoms with Gasteiger partial charge in [-0.25, -0.2) is 0 Å². The van der Waals surface area contributed by atoms with Crippen LogP contribution in [0.5, 0.6) is 5.75 Å². The zero-order chi connectivity index (χ0) is 14.4. The van der Waals surface area contributed by atoms with E-state index < -0.39 is 0 Å². The van der Waals surface area contributed by atoms with E-state index >= 15 is 0 Å². The Bertz CT molecular complexity index is 444. The fourth-order valence-electron chi connectivity index (χ4n) is 2.77. The molecule has 0 aliphatic heterocycles. The van der Waals surface area contributed by atoms with E-state index in [-0.39, 0.29) is 6.04 Å². The van der Waals surface area contributed by atoms with Gasteiger partial charge in [-0.2, -0.15) is 0 Å². The van der Waals surface area contributed by atoms with Crippen molar-refractivity contribution in [1.29, 1.82) is 0 Å². The smallest absolute Gasteiger partial charge is 0.166 e. The van der Waals surface area contributed by atoms with Gasteiger partial charge < -0.3 is 15.4 Å². The first-order valence-electron chi connectivity index (χ1n) is 7.40. The van der Waals surface area contributed by atoms with Crippen molar-refractivity contribution >= 4 is 17.3 Å². The number of methoxy groups -OCH3 is 1. The van der Waals surface area contributed by atoms with Gasteiger partial charge in [-0.1, -0.05) is 37.5 Å². The predicted molar refractivity (Wildman–Crippen MR) is 87.2 cm³/mol. The topological polar surface area (TPSA) is 33.3 Å².